The first-order valence-corrected chi connectivity index (χ1v) is 40.3. The number of nitrogens with zero attached hydrogens (tertiary/aromatic N) is 4. The number of aliphatic hydroxyl groups is 4. The number of carbonyl (C=O) groups excluding carboxylic acids is 4. The fourth-order valence-electron chi connectivity index (χ4n) is 20.8. The summed E-state index contributed by atoms with van der Waals surface area (Å²) < 4.78 is 12.2. The van der Waals surface area contributed by atoms with Gasteiger partial charge in [0.25, 0.3) is 11.8 Å². The molecule has 10 aliphatic rings. The molecule has 0 spiro atoms. The van der Waals surface area contributed by atoms with Crippen molar-refractivity contribution in [2.45, 2.75) is 194 Å². The minimum Gasteiger partial charge on any atom is -0.496 e. The molecule has 0 aromatic heterocycles. The molecule has 8 aliphatic carbocycles. The number of halogens is 1. The van der Waals surface area contributed by atoms with E-state index in [1.165, 1.54) is 51.4 Å². The molecule has 4 amide bonds. The minimum absolute atomic E-state index is 0.0355. The first-order chi connectivity index (χ1) is 51.6. The Kier molecular flexibility index (Phi) is 25.4. The van der Waals surface area contributed by atoms with Crippen LogP contribution >= 0.6 is 11.6 Å². The van der Waals surface area contributed by atoms with E-state index in [0.29, 0.717) is 94.0 Å². The number of benzene rings is 5. The topological polar surface area (TPSA) is 247 Å². The molecule has 15 rings (SSSR count). The molecule has 8 N–H and O–H groups in total. The highest BCUT2D eigenvalue weighted by atomic mass is 35.5. The van der Waals surface area contributed by atoms with Crippen molar-refractivity contribution in [3.8, 4) is 33.8 Å². The van der Waals surface area contributed by atoms with Crippen molar-refractivity contribution in [1.29, 1.82) is 0 Å². The molecule has 588 valence electrons. The summed E-state index contributed by atoms with van der Waals surface area (Å²) in [6.07, 6.45) is 10.7. The Morgan fingerprint density at radius 3 is 1.47 bits per heavy atom. The van der Waals surface area contributed by atoms with Gasteiger partial charge in [0.15, 0.2) is 0 Å². The van der Waals surface area contributed by atoms with Crippen molar-refractivity contribution in [3.63, 3.8) is 0 Å². The van der Waals surface area contributed by atoms with Crippen LogP contribution in [0.3, 0.4) is 0 Å². The quantitative estimate of drug-likeness (QED) is 0.0256. The summed E-state index contributed by atoms with van der Waals surface area (Å²) in [5.74, 6) is 4.61. The van der Waals surface area contributed by atoms with Gasteiger partial charge in [-0.25, -0.2) is 0 Å². The Morgan fingerprint density at radius 2 is 1.05 bits per heavy atom. The van der Waals surface area contributed by atoms with Gasteiger partial charge in [-0.15, -0.1) is 0 Å². The number of methoxy groups -OCH3 is 2. The van der Waals surface area contributed by atoms with E-state index < -0.39 is 48.3 Å². The summed E-state index contributed by atoms with van der Waals surface area (Å²) in [5.41, 5.74) is 9.12. The van der Waals surface area contributed by atoms with Crippen LogP contribution in [0.15, 0.2) is 97.1 Å². The van der Waals surface area contributed by atoms with Gasteiger partial charge in [-0.1, -0.05) is 127 Å². The summed E-state index contributed by atoms with van der Waals surface area (Å²) >= 11 is 6.33. The van der Waals surface area contributed by atoms with Gasteiger partial charge in [0.2, 0.25) is 11.8 Å². The minimum atomic E-state index is -0.903. The van der Waals surface area contributed by atoms with Gasteiger partial charge in [-0.2, -0.15) is 10.1 Å². The molecule has 0 radical (unpaired) electrons. The van der Waals surface area contributed by atoms with E-state index in [9.17, 15) is 39.6 Å². The molecule has 8 saturated carbocycles. The number of hydrogen-bond acceptors (Lipinski definition) is 16. The zero-order valence-corrected chi connectivity index (χ0v) is 66.9. The van der Waals surface area contributed by atoms with Crippen molar-refractivity contribution >= 4 is 46.6 Å². The van der Waals surface area contributed by atoms with Crippen LogP contribution in [-0.2, 0) is 38.8 Å². The Hall–Kier alpha value is -6.85. The van der Waals surface area contributed by atoms with Crippen LogP contribution in [0.25, 0.3) is 22.3 Å². The first-order valence-electron chi connectivity index (χ1n) is 39.9. The molecule has 4 bridgehead atoms. The third kappa shape index (κ3) is 16.6. The average Bonchev–Trinajstić information content (AvgIpc) is 0.919. The number of fused-ring (bicyclic) bond motifs is 5. The van der Waals surface area contributed by atoms with E-state index in [4.69, 9.17) is 30.7 Å². The Labute approximate surface area is 645 Å². The number of para-hydroxylation sites is 2. The molecular weight excluding hydrogens is 1380 g/mol. The lowest BCUT2D eigenvalue weighted by Crippen LogP contribution is -2.62. The number of carbonyl (C=O) groups is 4. The van der Waals surface area contributed by atoms with Crippen molar-refractivity contribution in [3.05, 3.63) is 130 Å². The zero-order valence-electron chi connectivity index (χ0n) is 66.2. The fourth-order valence-corrected chi connectivity index (χ4v) is 21.0. The van der Waals surface area contributed by atoms with Crippen LogP contribution < -0.4 is 40.5 Å². The van der Waals surface area contributed by atoms with E-state index in [1.54, 1.807) is 38.2 Å². The summed E-state index contributed by atoms with van der Waals surface area (Å²) in [6, 6.07) is 29.4. The van der Waals surface area contributed by atoms with Gasteiger partial charge in [0.1, 0.15) is 35.8 Å². The number of rotatable bonds is 26. The number of hydroxylamine groups is 4. The molecule has 19 atom stereocenters. The van der Waals surface area contributed by atoms with Crippen LogP contribution in [-0.4, -0.2) is 171 Å². The molecule has 108 heavy (non-hydrogen) atoms. The highest BCUT2D eigenvalue weighted by Gasteiger charge is 2.59. The number of amides is 4. The van der Waals surface area contributed by atoms with Gasteiger partial charge in [-0.3, -0.25) is 28.9 Å². The molecule has 5 aromatic carbocycles. The van der Waals surface area contributed by atoms with Crippen LogP contribution in [0.4, 0.5) is 11.4 Å². The summed E-state index contributed by atoms with van der Waals surface area (Å²) in [5, 5.41) is 59.5. The molecule has 3 unspecified atom stereocenters. The monoisotopic (exact) mass is 1500 g/mol. The smallest absolute Gasteiger partial charge is 0.251 e. The molecule has 2 aliphatic heterocycles. The lowest BCUT2D eigenvalue weighted by atomic mass is 9.45. The number of hydrogen-bond donors (Lipinski definition) is 8. The van der Waals surface area contributed by atoms with E-state index in [-0.39, 0.29) is 67.4 Å². The van der Waals surface area contributed by atoms with E-state index in [0.717, 1.165) is 81.4 Å². The lowest BCUT2D eigenvalue weighted by molar-refractivity contribution is -0.183. The zero-order chi connectivity index (χ0) is 77.4. The molecule has 10 fully saturated rings. The second-order valence-corrected chi connectivity index (χ2v) is 34.9. The lowest BCUT2D eigenvalue weighted by Gasteiger charge is -2.62. The molecule has 21 heteroatoms. The molecule has 2 saturated heterocycles. The summed E-state index contributed by atoms with van der Waals surface area (Å²) in [7, 11) is 11.0. The van der Waals surface area contributed by atoms with Crippen molar-refractivity contribution in [2.75, 3.05) is 78.5 Å². The second kappa shape index (κ2) is 34.0. The van der Waals surface area contributed by atoms with Crippen LogP contribution in [0.1, 0.15) is 163 Å². The average molecular weight is 1510 g/mol. The number of anilines is 2. The standard InChI is InChI=1S/C45H66N4O6.C42H55ClN4O6/c1-26-37-22-33(45(37,3)4)23-38(26)47-44(53)41-40(27(2)51)39(25-50)55-49(41)24-30-12-10-14-36(42(30)54-7)31-19-32(21-34(20-31)48(5)6)43(52)46-18-17-29-16-15-28-11-8-9-13-35(28)29;1-24-33-20-30(42(33,3)4)21-35(24)45-41(51)38-37(25(2)49)36(23-48)53-47(38)22-27-12-10-13-32(39(27)52-7)28-17-29(19-31(18-28)46(5)6)40(50)44-16-15-26-11-8-9-14-34(26)43/h10,12,14,19-21,26-29,33,35,37-41,50-51H,8-9,11,13,15-18,22-25H2,1-7H3,(H,46,52)(H,47,53);8-14,17-19,24-25,30,33,35-38,48-49H,15-16,20-23H2,1-7H3,(H,44,50)(H,45,51)/t26-,27-,28?,29?,33+,35?,37-,38-,39-,40+,41-;24-,25-,30+,33-,35-,36-,37+,38-/m00/s1. The third-order valence-electron chi connectivity index (χ3n) is 27.3. The predicted octanol–water partition coefficient (Wildman–Crippen LogP) is 12.1. The van der Waals surface area contributed by atoms with Crippen LogP contribution in [0.2, 0.25) is 5.02 Å². The number of ether oxygens (including phenoxy) is 2. The van der Waals surface area contributed by atoms with Crippen LogP contribution in [0, 0.1) is 75.9 Å². The highest BCUT2D eigenvalue weighted by molar-refractivity contribution is 6.31. The third-order valence-corrected chi connectivity index (χ3v) is 27.7. The van der Waals surface area contributed by atoms with Gasteiger partial charge in [0.05, 0.1) is 52.7 Å². The van der Waals surface area contributed by atoms with Gasteiger partial charge in [-0.05, 0) is 195 Å². The van der Waals surface area contributed by atoms with E-state index >= 15 is 0 Å². The van der Waals surface area contributed by atoms with E-state index in [1.807, 2.05) is 129 Å². The SMILES string of the molecule is COc1c(CN2O[C@@H](CO)[C@@H]([C@H](C)O)[C@H]2C(=O)N[C@H]2C[C@H]3C[C@@H]([C@@H]2C)C3(C)C)cccc1-c1cc(C(=O)NCCC2CCC3CCCCC32)cc(N(C)C)c1.COc1c(CN2O[C@@H](CO)[C@@H]([C@H](C)O)[C@H]2C(=O)N[C@H]2C[C@H]3C[C@@H]([C@@H]2C)C3(C)C)cccc1-c1cc(C(=O)NCCc2ccccc2Cl)cc(N(C)C)c1. The largest absolute Gasteiger partial charge is 0.496 e. The second-order valence-electron chi connectivity index (χ2n) is 34.5. The maximum Gasteiger partial charge on any atom is 0.251 e. The fraction of sp³-hybridized carbons (Fsp3) is 0.609. The van der Waals surface area contributed by atoms with E-state index in [2.05, 4.69) is 68.9 Å². The first kappa shape index (κ1) is 80.7. The number of aliphatic hydroxyl groups excluding tert-OH is 4. The maximum atomic E-state index is 14.3. The Morgan fingerprint density at radius 1 is 0.593 bits per heavy atom. The molecule has 5 aromatic rings. The van der Waals surface area contributed by atoms with Crippen LogP contribution in [0.5, 0.6) is 11.5 Å². The van der Waals surface area contributed by atoms with Gasteiger partial charge < -0.3 is 61.0 Å². The van der Waals surface area contributed by atoms with Gasteiger partial charge >= 0.3 is 0 Å². The Balaban J connectivity index is 0.000000202. The number of nitrogens with one attached hydrogen (secondary N) is 4. The normalized spacial score (nSPS) is 29.9. The van der Waals surface area contributed by atoms with Gasteiger partial charge in [0, 0.05) is 115 Å². The Bertz CT molecular complexity index is 4000. The maximum absolute atomic E-state index is 14.3. The summed E-state index contributed by atoms with van der Waals surface area (Å²) in [6.45, 7) is 17.9. The molecule has 20 nitrogen and oxygen atoms in total. The van der Waals surface area contributed by atoms with Crippen molar-refractivity contribution < 1.29 is 58.8 Å². The predicted molar refractivity (Wildman–Crippen MR) is 423 cm³/mol. The summed E-state index contributed by atoms with van der Waals surface area (Å²) in [4.78, 5) is 72.2. The van der Waals surface area contributed by atoms with Crippen molar-refractivity contribution in [1.82, 2.24) is 31.4 Å². The highest BCUT2D eigenvalue weighted by Crippen LogP contribution is 2.62. The van der Waals surface area contributed by atoms with Crippen molar-refractivity contribution in [2.24, 2.45) is 75.9 Å². The molecular formula is C87H121ClN8O12. The molecule has 2 heterocycles.